The van der Waals surface area contributed by atoms with Crippen LogP contribution < -0.4 is 0 Å². The minimum absolute atomic E-state index is 0.0777. The van der Waals surface area contributed by atoms with E-state index in [4.69, 9.17) is 4.74 Å². The van der Waals surface area contributed by atoms with Crippen molar-refractivity contribution in [3.8, 4) is 0 Å². The third-order valence-corrected chi connectivity index (χ3v) is 4.39. The van der Waals surface area contributed by atoms with Crippen LogP contribution in [0, 0.1) is 0 Å². The second-order valence-electron chi connectivity index (χ2n) is 5.92. The first kappa shape index (κ1) is 17.8. The van der Waals surface area contributed by atoms with E-state index in [0.29, 0.717) is 17.1 Å². The highest BCUT2D eigenvalue weighted by molar-refractivity contribution is 8.04. The fraction of sp³-hybridized carbons (Fsp3) is 0.444. The van der Waals surface area contributed by atoms with Gasteiger partial charge in [-0.3, -0.25) is 14.5 Å². The maximum Gasteiger partial charge on any atom is 0.268 e. The SMILES string of the molecule is CC(C)OCCN1C(=O)C(SC(C)C)=C(c2ccccc2)C1=O. The van der Waals surface area contributed by atoms with E-state index in [2.05, 4.69) is 0 Å². The van der Waals surface area contributed by atoms with Crippen LogP contribution in [0.5, 0.6) is 0 Å². The van der Waals surface area contributed by atoms with E-state index in [-0.39, 0.29) is 29.7 Å². The number of amides is 2. The highest BCUT2D eigenvalue weighted by Crippen LogP contribution is 2.37. The lowest BCUT2D eigenvalue weighted by atomic mass is 10.1. The average Bonchev–Trinajstić information content (AvgIpc) is 2.71. The number of ether oxygens (including phenoxy) is 1. The molecule has 0 bridgehead atoms. The number of thioether (sulfide) groups is 1. The molecule has 2 amide bonds. The highest BCUT2D eigenvalue weighted by Gasteiger charge is 2.39. The molecule has 0 atom stereocenters. The molecule has 124 valence electrons. The molecule has 1 aromatic carbocycles. The maximum atomic E-state index is 12.8. The minimum atomic E-state index is -0.225. The first-order chi connectivity index (χ1) is 10.9. The van der Waals surface area contributed by atoms with Gasteiger partial charge in [0.15, 0.2) is 0 Å². The molecule has 0 fully saturated rings. The van der Waals surface area contributed by atoms with E-state index < -0.39 is 0 Å². The number of carbonyl (C=O) groups excluding carboxylic acids is 2. The number of hydrogen-bond acceptors (Lipinski definition) is 4. The molecule has 0 saturated heterocycles. The molecule has 2 rings (SSSR count). The molecule has 0 spiro atoms. The van der Waals surface area contributed by atoms with Crippen LogP contribution in [-0.4, -0.2) is 41.2 Å². The van der Waals surface area contributed by atoms with Crippen molar-refractivity contribution in [2.45, 2.75) is 39.0 Å². The van der Waals surface area contributed by atoms with Crippen LogP contribution in [0.3, 0.4) is 0 Å². The molecule has 1 aliphatic heterocycles. The van der Waals surface area contributed by atoms with Gasteiger partial charge in [-0.05, 0) is 19.4 Å². The Balaban J connectivity index is 2.28. The smallest absolute Gasteiger partial charge is 0.268 e. The van der Waals surface area contributed by atoms with Crippen LogP contribution in [0.25, 0.3) is 5.57 Å². The Morgan fingerprint density at radius 3 is 2.26 bits per heavy atom. The van der Waals surface area contributed by atoms with Crippen molar-refractivity contribution in [1.82, 2.24) is 4.90 Å². The van der Waals surface area contributed by atoms with E-state index in [1.165, 1.54) is 16.7 Å². The summed E-state index contributed by atoms with van der Waals surface area (Å²) in [5, 5.41) is 0.229. The minimum Gasteiger partial charge on any atom is -0.377 e. The fourth-order valence-corrected chi connectivity index (χ4v) is 3.35. The molecule has 0 N–H and O–H groups in total. The van der Waals surface area contributed by atoms with Crippen LogP contribution >= 0.6 is 11.8 Å². The normalized spacial score (nSPS) is 15.5. The predicted octanol–water partition coefficient (Wildman–Crippen LogP) is 3.33. The molecular weight excluding hydrogens is 310 g/mol. The summed E-state index contributed by atoms with van der Waals surface area (Å²) in [5.74, 6) is -0.434. The van der Waals surface area contributed by atoms with Gasteiger partial charge in [-0.2, -0.15) is 0 Å². The molecule has 1 aromatic rings. The van der Waals surface area contributed by atoms with E-state index in [1.54, 1.807) is 0 Å². The number of benzene rings is 1. The van der Waals surface area contributed by atoms with Crippen molar-refractivity contribution in [3.05, 3.63) is 40.8 Å². The van der Waals surface area contributed by atoms with Gasteiger partial charge in [0.1, 0.15) is 0 Å². The molecule has 1 aliphatic rings. The molecule has 5 heteroatoms. The zero-order chi connectivity index (χ0) is 17.0. The largest absolute Gasteiger partial charge is 0.377 e. The zero-order valence-corrected chi connectivity index (χ0v) is 14.9. The van der Waals surface area contributed by atoms with Crippen molar-refractivity contribution in [3.63, 3.8) is 0 Å². The summed E-state index contributed by atoms with van der Waals surface area (Å²) < 4.78 is 5.49. The van der Waals surface area contributed by atoms with Crippen LogP contribution in [0.4, 0.5) is 0 Å². The number of carbonyl (C=O) groups is 2. The zero-order valence-electron chi connectivity index (χ0n) is 14.0. The molecule has 0 saturated carbocycles. The first-order valence-corrected chi connectivity index (χ1v) is 8.74. The lowest BCUT2D eigenvalue weighted by Gasteiger charge is -2.16. The number of hydrogen-bond donors (Lipinski definition) is 0. The lowest BCUT2D eigenvalue weighted by Crippen LogP contribution is -2.35. The van der Waals surface area contributed by atoms with E-state index in [0.717, 1.165) is 5.56 Å². The van der Waals surface area contributed by atoms with Crippen molar-refractivity contribution in [2.24, 2.45) is 0 Å². The van der Waals surface area contributed by atoms with Crippen molar-refractivity contribution in [1.29, 1.82) is 0 Å². The molecule has 23 heavy (non-hydrogen) atoms. The van der Waals surface area contributed by atoms with Gasteiger partial charge in [0.05, 0.1) is 29.7 Å². The number of rotatable bonds is 7. The molecule has 1 heterocycles. The van der Waals surface area contributed by atoms with E-state index in [1.807, 2.05) is 58.0 Å². The van der Waals surface area contributed by atoms with Crippen LogP contribution in [-0.2, 0) is 14.3 Å². The third-order valence-electron chi connectivity index (χ3n) is 3.31. The second kappa shape index (κ2) is 7.79. The van der Waals surface area contributed by atoms with Gasteiger partial charge in [0.2, 0.25) is 0 Å². The average molecular weight is 333 g/mol. The standard InChI is InChI=1S/C18H23NO3S/c1-12(2)22-11-10-19-17(20)15(14-8-6-5-7-9-14)16(18(19)21)23-13(3)4/h5-9,12-13H,10-11H2,1-4H3. The van der Waals surface area contributed by atoms with Crippen molar-refractivity contribution in [2.75, 3.05) is 13.2 Å². The second-order valence-corrected chi connectivity index (χ2v) is 7.51. The van der Waals surface area contributed by atoms with Crippen LogP contribution in [0.2, 0.25) is 0 Å². The lowest BCUT2D eigenvalue weighted by molar-refractivity contribution is -0.137. The van der Waals surface area contributed by atoms with Crippen molar-refractivity contribution >= 4 is 29.1 Å². The molecular formula is C18H23NO3S. The van der Waals surface area contributed by atoms with Crippen LogP contribution in [0.15, 0.2) is 35.2 Å². The van der Waals surface area contributed by atoms with Gasteiger partial charge < -0.3 is 4.74 Å². The Hall–Kier alpha value is -1.59. The molecule has 0 aliphatic carbocycles. The Bertz CT molecular complexity index is 608. The van der Waals surface area contributed by atoms with Gasteiger partial charge in [-0.25, -0.2) is 0 Å². The quantitative estimate of drug-likeness (QED) is 0.718. The monoisotopic (exact) mass is 333 g/mol. The highest BCUT2D eigenvalue weighted by atomic mass is 32.2. The van der Waals surface area contributed by atoms with Gasteiger partial charge in [0.25, 0.3) is 11.8 Å². The summed E-state index contributed by atoms with van der Waals surface area (Å²) in [4.78, 5) is 27.3. The number of imide groups is 1. The predicted molar refractivity (Wildman–Crippen MR) is 93.9 cm³/mol. The summed E-state index contributed by atoms with van der Waals surface area (Å²) in [7, 11) is 0. The van der Waals surface area contributed by atoms with Crippen molar-refractivity contribution < 1.29 is 14.3 Å². The van der Waals surface area contributed by atoms with Gasteiger partial charge >= 0.3 is 0 Å². The summed E-state index contributed by atoms with van der Waals surface area (Å²) in [6, 6.07) is 9.39. The molecule has 4 nitrogen and oxygen atoms in total. The summed E-state index contributed by atoms with van der Waals surface area (Å²) in [5.41, 5.74) is 1.31. The van der Waals surface area contributed by atoms with Crippen LogP contribution in [0.1, 0.15) is 33.3 Å². The van der Waals surface area contributed by atoms with E-state index >= 15 is 0 Å². The Kier molecular flexibility index (Phi) is 6.02. The Morgan fingerprint density at radius 2 is 1.70 bits per heavy atom. The Labute approximate surface area is 141 Å². The summed E-state index contributed by atoms with van der Waals surface area (Å²) in [6.45, 7) is 8.54. The first-order valence-electron chi connectivity index (χ1n) is 7.86. The molecule has 0 unspecified atom stereocenters. The molecule has 0 aromatic heterocycles. The number of nitrogens with zero attached hydrogens (tertiary/aromatic N) is 1. The summed E-state index contributed by atoms with van der Waals surface area (Å²) in [6.07, 6.45) is 0.0777. The maximum absolute atomic E-state index is 12.8. The van der Waals surface area contributed by atoms with Gasteiger partial charge in [-0.15, -0.1) is 11.8 Å². The van der Waals surface area contributed by atoms with E-state index in [9.17, 15) is 9.59 Å². The topological polar surface area (TPSA) is 46.6 Å². The summed E-state index contributed by atoms with van der Waals surface area (Å²) >= 11 is 1.45. The fourth-order valence-electron chi connectivity index (χ4n) is 2.34. The van der Waals surface area contributed by atoms with Gasteiger partial charge in [0, 0.05) is 5.25 Å². The third kappa shape index (κ3) is 4.24. The molecule has 0 radical (unpaired) electrons. The van der Waals surface area contributed by atoms with Gasteiger partial charge in [-0.1, -0.05) is 44.2 Å². The Morgan fingerprint density at radius 1 is 1.04 bits per heavy atom.